The van der Waals surface area contributed by atoms with Crippen molar-refractivity contribution in [2.45, 2.75) is 25.3 Å². The first-order valence-corrected chi connectivity index (χ1v) is 4.94. The van der Waals surface area contributed by atoms with Gasteiger partial charge in [0, 0.05) is 6.04 Å². The van der Waals surface area contributed by atoms with Crippen LogP contribution in [0.25, 0.3) is 0 Å². The van der Waals surface area contributed by atoms with Crippen LogP contribution < -0.4 is 16.2 Å². The Morgan fingerprint density at radius 3 is 2.93 bits per heavy atom. The molecule has 0 aliphatic heterocycles. The predicted molar refractivity (Wildman–Crippen MR) is 57.3 cm³/mol. The van der Waals surface area contributed by atoms with E-state index >= 15 is 0 Å². The minimum Gasteiger partial charge on any atom is -0.495 e. The molecule has 1 aliphatic carbocycles. The van der Waals surface area contributed by atoms with Crippen molar-refractivity contribution in [3.8, 4) is 5.75 Å². The lowest BCUT2D eigenvalue weighted by Crippen LogP contribution is -2.17. The third-order valence-electron chi connectivity index (χ3n) is 2.85. The molecule has 2 rings (SSSR count). The SMILES string of the molecule is COc1cc2c(cc1N)C(N)CCC2. The highest BCUT2D eigenvalue weighted by Gasteiger charge is 2.18. The van der Waals surface area contributed by atoms with Gasteiger partial charge in [-0.15, -0.1) is 0 Å². The number of nitrogens with two attached hydrogens (primary N) is 2. The number of ether oxygens (including phenoxy) is 1. The normalized spacial score (nSPS) is 20.3. The number of hydrogen-bond acceptors (Lipinski definition) is 3. The molecule has 3 heteroatoms. The average Bonchev–Trinajstić information content (AvgIpc) is 2.19. The van der Waals surface area contributed by atoms with Crippen molar-refractivity contribution in [2.24, 2.45) is 5.73 Å². The van der Waals surface area contributed by atoms with Gasteiger partial charge in [0.1, 0.15) is 5.75 Å². The molecule has 1 aromatic carbocycles. The fraction of sp³-hybridized carbons (Fsp3) is 0.455. The van der Waals surface area contributed by atoms with Crippen molar-refractivity contribution in [1.29, 1.82) is 0 Å². The van der Waals surface area contributed by atoms with E-state index in [9.17, 15) is 0 Å². The summed E-state index contributed by atoms with van der Waals surface area (Å²) in [6.45, 7) is 0. The fourth-order valence-electron chi connectivity index (χ4n) is 2.06. The molecule has 0 spiro atoms. The van der Waals surface area contributed by atoms with Crippen LogP contribution in [0, 0.1) is 0 Å². The second kappa shape index (κ2) is 3.50. The first-order valence-electron chi connectivity index (χ1n) is 4.94. The van der Waals surface area contributed by atoms with Gasteiger partial charge in [-0.1, -0.05) is 0 Å². The molecule has 1 unspecified atom stereocenters. The molecule has 0 bridgehead atoms. The lowest BCUT2D eigenvalue weighted by atomic mass is 9.87. The molecule has 0 heterocycles. The van der Waals surface area contributed by atoms with Crippen LogP contribution in [0.5, 0.6) is 5.75 Å². The van der Waals surface area contributed by atoms with E-state index in [2.05, 4.69) is 0 Å². The number of aryl methyl sites for hydroxylation is 1. The van der Waals surface area contributed by atoms with Crippen LogP contribution in [0.4, 0.5) is 5.69 Å². The number of rotatable bonds is 1. The molecule has 0 fully saturated rings. The summed E-state index contributed by atoms with van der Waals surface area (Å²) in [6.07, 6.45) is 3.29. The van der Waals surface area contributed by atoms with Crippen molar-refractivity contribution in [3.05, 3.63) is 23.3 Å². The molecule has 14 heavy (non-hydrogen) atoms. The van der Waals surface area contributed by atoms with Crippen LogP contribution in [-0.4, -0.2) is 7.11 Å². The van der Waals surface area contributed by atoms with Gasteiger partial charge in [0.15, 0.2) is 0 Å². The molecule has 4 N–H and O–H groups in total. The largest absolute Gasteiger partial charge is 0.495 e. The second-order valence-corrected chi connectivity index (χ2v) is 3.79. The Labute approximate surface area is 84.0 Å². The molecule has 1 aliphatic rings. The number of hydrogen-bond donors (Lipinski definition) is 2. The van der Waals surface area contributed by atoms with Gasteiger partial charge in [0.25, 0.3) is 0 Å². The Balaban J connectivity index is 2.48. The molecule has 0 saturated carbocycles. The molecule has 1 atom stereocenters. The Morgan fingerprint density at radius 1 is 1.43 bits per heavy atom. The molecule has 76 valence electrons. The maximum absolute atomic E-state index is 6.01. The van der Waals surface area contributed by atoms with Crippen LogP contribution in [0.2, 0.25) is 0 Å². The van der Waals surface area contributed by atoms with Crippen molar-refractivity contribution in [1.82, 2.24) is 0 Å². The number of nitrogen functional groups attached to an aromatic ring is 1. The number of methoxy groups -OCH3 is 1. The van der Waals surface area contributed by atoms with Crippen molar-refractivity contribution < 1.29 is 4.74 Å². The first kappa shape index (κ1) is 9.34. The van der Waals surface area contributed by atoms with Crippen molar-refractivity contribution >= 4 is 5.69 Å². The van der Waals surface area contributed by atoms with Crippen molar-refractivity contribution in [3.63, 3.8) is 0 Å². The van der Waals surface area contributed by atoms with Gasteiger partial charge in [-0.3, -0.25) is 0 Å². The van der Waals surface area contributed by atoms with Gasteiger partial charge in [-0.2, -0.15) is 0 Å². The highest BCUT2D eigenvalue weighted by molar-refractivity contribution is 5.58. The Hall–Kier alpha value is -1.22. The van der Waals surface area contributed by atoms with E-state index in [-0.39, 0.29) is 6.04 Å². The number of benzene rings is 1. The van der Waals surface area contributed by atoms with Gasteiger partial charge in [0.2, 0.25) is 0 Å². The van der Waals surface area contributed by atoms with Crippen LogP contribution in [0.1, 0.15) is 30.0 Å². The molecule has 0 amide bonds. The monoisotopic (exact) mass is 192 g/mol. The van der Waals surface area contributed by atoms with Gasteiger partial charge in [0.05, 0.1) is 12.8 Å². The minimum absolute atomic E-state index is 0.145. The van der Waals surface area contributed by atoms with Gasteiger partial charge in [-0.05, 0) is 42.5 Å². The molecular weight excluding hydrogens is 176 g/mol. The summed E-state index contributed by atoms with van der Waals surface area (Å²) in [6, 6.07) is 4.12. The molecule has 0 saturated heterocycles. The fourth-order valence-corrected chi connectivity index (χ4v) is 2.06. The summed E-state index contributed by atoms with van der Waals surface area (Å²) in [4.78, 5) is 0. The summed E-state index contributed by atoms with van der Waals surface area (Å²) in [5, 5.41) is 0. The standard InChI is InChI=1S/C11H16N2O/c1-14-11-5-7-3-2-4-9(12)8(7)6-10(11)13/h5-6,9H,2-4,12-13H2,1H3. The predicted octanol–water partition coefficient (Wildman–Crippen LogP) is 1.61. The Bertz CT molecular complexity index is 349. The van der Waals surface area contributed by atoms with E-state index in [0.717, 1.165) is 25.0 Å². The zero-order valence-corrected chi connectivity index (χ0v) is 8.42. The lowest BCUT2D eigenvalue weighted by Gasteiger charge is -2.23. The summed E-state index contributed by atoms with van der Waals surface area (Å²) < 4.78 is 5.18. The zero-order valence-electron chi connectivity index (χ0n) is 8.42. The Morgan fingerprint density at radius 2 is 2.21 bits per heavy atom. The van der Waals surface area contributed by atoms with E-state index in [4.69, 9.17) is 16.2 Å². The minimum atomic E-state index is 0.145. The van der Waals surface area contributed by atoms with Crippen LogP contribution >= 0.6 is 0 Å². The summed E-state index contributed by atoms with van der Waals surface area (Å²) in [5.41, 5.74) is 15.0. The molecule has 0 aromatic heterocycles. The third kappa shape index (κ3) is 1.44. The maximum Gasteiger partial charge on any atom is 0.142 e. The number of fused-ring (bicyclic) bond motifs is 1. The lowest BCUT2D eigenvalue weighted by molar-refractivity contribution is 0.415. The van der Waals surface area contributed by atoms with Gasteiger partial charge >= 0.3 is 0 Å². The second-order valence-electron chi connectivity index (χ2n) is 3.79. The van der Waals surface area contributed by atoms with Crippen LogP contribution in [-0.2, 0) is 6.42 Å². The summed E-state index contributed by atoms with van der Waals surface area (Å²) in [5.74, 6) is 0.762. The Kier molecular flexibility index (Phi) is 2.33. The van der Waals surface area contributed by atoms with Crippen molar-refractivity contribution in [2.75, 3.05) is 12.8 Å². The molecule has 3 nitrogen and oxygen atoms in total. The molecular formula is C11H16N2O. The molecule has 1 aromatic rings. The zero-order chi connectivity index (χ0) is 10.1. The topological polar surface area (TPSA) is 61.3 Å². The van der Waals surface area contributed by atoms with E-state index in [1.165, 1.54) is 11.1 Å². The van der Waals surface area contributed by atoms with E-state index in [0.29, 0.717) is 5.69 Å². The van der Waals surface area contributed by atoms with E-state index in [1.807, 2.05) is 12.1 Å². The first-order chi connectivity index (χ1) is 6.72. The molecule has 0 radical (unpaired) electrons. The van der Waals surface area contributed by atoms with Crippen LogP contribution in [0.15, 0.2) is 12.1 Å². The average molecular weight is 192 g/mol. The van der Waals surface area contributed by atoms with Crippen LogP contribution in [0.3, 0.4) is 0 Å². The maximum atomic E-state index is 6.01. The summed E-state index contributed by atoms with van der Waals surface area (Å²) >= 11 is 0. The smallest absolute Gasteiger partial charge is 0.142 e. The van der Waals surface area contributed by atoms with E-state index in [1.54, 1.807) is 7.11 Å². The summed E-state index contributed by atoms with van der Waals surface area (Å²) in [7, 11) is 1.64. The third-order valence-corrected chi connectivity index (χ3v) is 2.85. The van der Waals surface area contributed by atoms with Gasteiger partial charge in [-0.25, -0.2) is 0 Å². The highest BCUT2D eigenvalue weighted by Crippen LogP contribution is 2.34. The number of anilines is 1. The quantitative estimate of drug-likeness (QED) is 0.664. The van der Waals surface area contributed by atoms with Gasteiger partial charge < -0.3 is 16.2 Å². The highest BCUT2D eigenvalue weighted by atomic mass is 16.5. The van der Waals surface area contributed by atoms with E-state index < -0.39 is 0 Å².